The van der Waals surface area contributed by atoms with Crippen molar-refractivity contribution in [2.24, 2.45) is 0 Å². The van der Waals surface area contributed by atoms with Gasteiger partial charge in [-0.3, -0.25) is 0 Å². The third-order valence-corrected chi connectivity index (χ3v) is 8.41. The fourth-order valence-electron chi connectivity index (χ4n) is 6.80. The first-order valence-electron chi connectivity index (χ1n) is 13.7. The molecule has 0 spiro atoms. The zero-order valence-corrected chi connectivity index (χ0v) is 21.7. The summed E-state index contributed by atoms with van der Waals surface area (Å²) in [6.07, 6.45) is 0. The fourth-order valence-corrected chi connectivity index (χ4v) is 6.80. The molecule has 0 atom stereocenters. The molecule has 7 aromatic rings. The monoisotopic (exact) mass is 510 g/mol. The van der Waals surface area contributed by atoms with Crippen LogP contribution in [0.3, 0.4) is 0 Å². The van der Waals surface area contributed by atoms with E-state index in [1.54, 1.807) is 0 Å². The maximum atomic E-state index is 7.04. The Morgan fingerprint density at radius 2 is 1.10 bits per heavy atom. The van der Waals surface area contributed by atoms with Gasteiger partial charge in [0.2, 0.25) is 0 Å². The topological polar surface area (TPSA) is 19.6 Å². The molecule has 3 nitrogen and oxygen atoms in total. The van der Waals surface area contributed by atoms with Crippen molar-refractivity contribution in [1.29, 1.82) is 0 Å². The van der Waals surface area contributed by atoms with E-state index in [0.717, 1.165) is 39.1 Å². The number of para-hydroxylation sites is 3. The minimum absolute atomic E-state index is 0.0245. The summed E-state index contributed by atoms with van der Waals surface area (Å²) in [7, 11) is 0. The van der Waals surface area contributed by atoms with Crippen LogP contribution >= 0.6 is 0 Å². The number of fused-ring (bicyclic) bond motifs is 8. The van der Waals surface area contributed by atoms with E-state index in [1.807, 2.05) is 0 Å². The quantitative estimate of drug-likeness (QED) is 0.223. The van der Waals surface area contributed by atoms with Crippen LogP contribution in [0.2, 0.25) is 0 Å². The predicted octanol–water partition coefficient (Wildman–Crippen LogP) is 7.67. The summed E-state index contributed by atoms with van der Waals surface area (Å²) in [4.78, 5) is 4.80. The summed E-state index contributed by atoms with van der Waals surface area (Å²) >= 11 is 0. The molecule has 4 heteroatoms. The lowest BCUT2D eigenvalue weighted by atomic mass is 9.35. The highest BCUT2D eigenvalue weighted by Gasteiger charge is 2.46. The van der Waals surface area contributed by atoms with Crippen LogP contribution in [0, 0.1) is 0 Å². The number of nitrogens with zero attached hydrogens (tertiary/aromatic N) is 2. The molecule has 0 saturated heterocycles. The molecule has 0 fully saturated rings. The fraction of sp³-hybridized carbons (Fsp3) is 0. The van der Waals surface area contributed by atoms with Crippen molar-refractivity contribution in [2.75, 3.05) is 9.80 Å². The van der Waals surface area contributed by atoms with E-state index < -0.39 is 0 Å². The molecule has 0 saturated carbocycles. The highest BCUT2D eigenvalue weighted by molar-refractivity contribution is 7.00. The second kappa shape index (κ2) is 8.14. The SMILES string of the molecule is c1ccc(N2c3ccccc3B3c4oc5c(ccc6ccccc65)c4N(c4ccccc4)c4cccc2c43)cc1. The van der Waals surface area contributed by atoms with Gasteiger partial charge in [0.05, 0.1) is 11.3 Å². The first-order valence-corrected chi connectivity index (χ1v) is 13.7. The van der Waals surface area contributed by atoms with Crippen molar-refractivity contribution < 1.29 is 4.42 Å². The van der Waals surface area contributed by atoms with E-state index in [2.05, 4.69) is 149 Å². The van der Waals surface area contributed by atoms with Crippen LogP contribution in [0.5, 0.6) is 0 Å². The molecule has 0 bridgehead atoms. The van der Waals surface area contributed by atoms with E-state index in [0.29, 0.717) is 0 Å². The van der Waals surface area contributed by atoms with Crippen molar-refractivity contribution in [3.05, 3.63) is 140 Å². The van der Waals surface area contributed by atoms with Gasteiger partial charge in [0.1, 0.15) is 5.58 Å². The number of anilines is 6. The normalized spacial score (nSPS) is 13.3. The van der Waals surface area contributed by atoms with Gasteiger partial charge in [-0.25, -0.2) is 0 Å². The third-order valence-electron chi connectivity index (χ3n) is 8.41. The molecule has 2 aliphatic rings. The standard InChI is InChI=1S/C36H23BN2O/c1-3-13-25(14-4-1)38-30-19-10-9-18-29(30)37-33-31(38)20-11-21-32(33)39(26-15-5-2-6-16-26)34-28-23-22-24-12-7-8-17-27(24)35(28)40-36(34)37/h1-23H. The van der Waals surface area contributed by atoms with Crippen LogP contribution in [-0.4, -0.2) is 6.71 Å². The molecule has 0 amide bonds. The maximum Gasteiger partial charge on any atom is 0.297 e. The molecule has 3 heterocycles. The first-order chi connectivity index (χ1) is 19.9. The second-order valence-electron chi connectivity index (χ2n) is 10.5. The third kappa shape index (κ3) is 2.85. The summed E-state index contributed by atoms with van der Waals surface area (Å²) in [5, 5.41) is 3.46. The average molecular weight is 510 g/mol. The minimum Gasteiger partial charge on any atom is -0.467 e. The summed E-state index contributed by atoms with van der Waals surface area (Å²) in [5.74, 6) is 0. The van der Waals surface area contributed by atoms with Gasteiger partial charge in [-0.05, 0) is 64.8 Å². The minimum atomic E-state index is -0.0245. The van der Waals surface area contributed by atoms with Crippen LogP contribution < -0.4 is 26.4 Å². The molecule has 0 N–H and O–H groups in total. The van der Waals surface area contributed by atoms with Crippen molar-refractivity contribution >= 4 is 79.2 Å². The molecule has 186 valence electrons. The van der Waals surface area contributed by atoms with E-state index in [4.69, 9.17) is 4.42 Å². The van der Waals surface area contributed by atoms with E-state index in [9.17, 15) is 0 Å². The van der Waals surface area contributed by atoms with Crippen molar-refractivity contribution in [1.82, 2.24) is 0 Å². The maximum absolute atomic E-state index is 7.04. The Bertz CT molecular complexity index is 2080. The molecular weight excluding hydrogens is 487 g/mol. The summed E-state index contributed by atoms with van der Waals surface area (Å²) in [6.45, 7) is -0.0245. The largest absolute Gasteiger partial charge is 0.467 e. The zero-order valence-electron chi connectivity index (χ0n) is 21.7. The van der Waals surface area contributed by atoms with Gasteiger partial charge in [0.25, 0.3) is 6.71 Å². The number of hydrogen-bond donors (Lipinski definition) is 0. The summed E-state index contributed by atoms with van der Waals surface area (Å²) in [5.41, 5.74) is 11.4. The van der Waals surface area contributed by atoms with Crippen LogP contribution in [0.1, 0.15) is 0 Å². The average Bonchev–Trinajstić information content (AvgIpc) is 3.41. The van der Waals surface area contributed by atoms with Gasteiger partial charge in [0.15, 0.2) is 0 Å². The molecule has 2 aliphatic heterocycles. The summed E-state index contributed by atoms with van der Waals surface area (Å²) in [6, 6.07) is 49.8. The van der Waals surface area contributed by atoms with Gasteiger partial charge in [0, 0.05) is 39.2 Å². The Hall–Kier alpha value is -5.22. The number of rotatable bonds is 2. The Morgan fingerprint density at radius 3 is 1.90 bits per heavy atom. The number of benzene rings is 6. The zero-order chi connectivity index (χ0) is 26.2. The highest BCUT2D eigenvalue weighted by atomic mass is 16.3. The van der Waals surface area contributed by atoms with E-state index in [-0.39, 0.29) is 6.71 Å². The molecule has 0 unspecified atom stereocenters. The number of hydrogen-bond acceptors (Lipinski definition) is 3. The molecule has 0 radical (unpaired) electrons. The lowest BCUT2D eigenvalue weighted by Gasteiger charge is -2.42. The van der Waals surface area contributed by atoms with Gasteiger partial charge in [-0.15, -0.1) is 0 Å². The number of furan rings is 1. The molecule has 0 aliphatic carbocycles. The molecule has 40 heavy (non-hydrogen) atoms. The van der Waals surface area contributed by atoms with E-state index in [1.165, 1.54) is 33.4 Å². The summed E-state index contributed by atoms with van der Waals surface area (Å²) < 4.78 is 7.04. The van der Waals surface area contributed by atoms with Crippen molar-refractivity contribution in [3.63, 3.8) is 0 Å². The van der Waals surface area contributed by atoms with Crippen LogP contribution in [0.25, 0.3) is 21.7 Å². The smallest absolute Gasteiger partial charge is 0.297 e. The van der Waals surface area contributed by atoms with Crippen molar-refractivity contribution in [3.8, 4) is 0 Å². The molecular formula is C36H23BN2O. The second-order valence-corrected chi connectivity index (χ2v) is 10.5. The lowest BCUT2D eigenvalue weighted by Crippen LogP contribution is -2.60. The van der Waals surface area contributed by atoms with Crippen molar-refractivity contribution in [2.45, 2.75) is 0 Å². The van der Waals surface area contributed by atoms with Gasteiger partial charge < -0.3 is 14.2 Å². The molecule has 6 aromatic carbocycles. The van der Waals surface area contributed by atoms with Gasteiger partial charge in [-0.2, -0.15) is 0 Å². The predicted molar refractivity (Wildman–Crippen MR) is 168 cm³/mol. The van der Waals surface area contributed by atoms with Crippen LogP contribution in [-0.2, 0) is 0 Å². The highest BCUT2D eigenvalue weighted by Crippen LogP contribution is 2.46. The Labute approximate surface area is 232 Å². The van der Waals surface area contributed by atoms with Crippen LogP contribution in [0.4, 0.5) is 34.1 Å². The van der Waals surface area contributed by atoms with Gasteiger partial charge >= 0.3 is 0 Å². The first kappa shape index (κ1) is 21.7. The Morgan fingerprint density at radius 1 is 0.475 bits per heavy atom. The lowest BCUT2D eigenvalue weighted by molar-refractivity contribution is 0.654. The van der Waals surface area contributed by atoms with Gasteiger partial charge in [-0.1, -0.05) is 91.0 Å². The Balaban J connectivity index is 1.43. The molecule has 1 aromatic heterocycles. The van der Waals surface area contributed by atoms with Crippen LogP contribution in [0.15, 0.2) is 144 Å². The molecule has 9 rings (SSSR count). The van der Waals surface area contributed by atoms with E-state index >= 15 is 0 Å². The Kier molecular flexibility index (Phi) is 4.41.